The maximum absolute atomic E-state index is 11.7. The minimum Gasteiger partial charge on any atom is -0.481 e. The molecule has 1 aliphatic heterocycles. The maximum Gasteiger partial charge on any atom is 0.417 e. The van der Waals surface area contributed by atoms with Crippen LogP contribution in [0.15, 0.2) is 0 Å². The van der Waals surface area contributed by atoms with Gasteiger partial charge in [-0.05, 0) is 27.7 Å². The van der Waals surface area contributed by atoms with E-state index in [1.807, 2.05) is 0 Å². The fraction of sp³-hybridized carbons (Fsp3) is 0.727. The van der Waals surface area contributed by atoms with Crippen LogP contribution in [0, 0.1) is 5.41 Å². The number of likely N-dealkylation sites (tertiary alicyclic amines) is 1. The molecule has 0 aromatic carbocycles. The Kier molecular flexibility index (Phi) is 3.18. The minimum absolute atomic E-state index is 0.143. The van der Waals surface area contributed by atoms with Gasteiger partial charge in [-0.25, -0.2) is 9.69 Å². The van der Waals surface area contributed by atoms with Gasteiger partial charge in [-0.15, -0.1) is 0 Å². The number of amides is 2. The Hall–Kier alpha value is -1.59. The molecule has 1 heterocycles. The van der Waals surface area contributed by atoms with E-state index in [4.69, 9.17) is 9.84 Å². The molecule has 2 amide bonds. The molecule has 1 aliphatic rings. The predicted octanol–water partition coefficient (Wildman–Crippen LogP) is 1.24. The third-order valence-corrected chi connectivity index (χ3v) is 2.48. The van der Waals surface area contributed by atoms with Gasteiger partial charge in [-0.3, -0.25) is 9.59 Å². The van der Waals surface area contributed by atoms with Gasteiger partial charge in [-0.1, -0.05) is 0 Å². The summed E-state index contributed by atoms with van der Waals surface area (Å²) in [6, 6.07) is 0. The van der Waals surface area contributed by atoms with Gasteiger partial charge in [0.25, 0.3) is 0 Å². The van der Waals surface area contributed by atoms with Crippen molar-refractivity contribution in [2.75, 3.05) is 6.54 Å². The topological polar surface area (TPSA) is 83.9 Å². The highest BCUT2D eigenvalue weighted by Crippen LogP contribution is 2.32. The van der Waals surface area contributed by atoms with Gasteiger partial charge >= 0.3 is 12.1 Å². The molecule has 0 bridgehead atoms. The highest BCUT2D eigenvalue weighted by Gasteiger charge is 2.48. The van der Waals surface area contributed by atoms with Crippen molar-refractivity contribution in [1.82, 2.24) is 4.90 Å². The van der Waals surface area contributed by atoms with Crippen LogP contribution in [-0.2, 0) is 14.3 Å². The molecule has 6 nitrogen and oxygen atoms in total. The smallest absolute Gasteiger partial charge is 0.417 e. The summed E-state index contributed by atoms with van der Waals surface area (Å²) in [5, 5.41) is 8.99. The molecule has 0 radical (unpaired) electrons. The number of hydrogen-bond acceptors (Lipinski definition) is 4. The monoisotopic (exact) mass is 243 g/mol. The van der Waals surface area contributed by atoms with Crippen molar-refractivity contribution in [3.63, 3.8) is 0 Å². The zero-order chi connectivity index (χ0) is 13.4. The van der Waals surface area contributed by atoms with Gasteiger partial charge < -0.3 is 9.84 Å². The fourth-order valence-corrected chi connectivity index (χ4v) is 1.55. The Labute approximate surface area is 99.5 Å². The van der Waals surface area contributed by atoms with Crippen molar-refractivity contribution >= 4 is 18.0 Å². The Bertz CT molecular complexity index is 371. The number of carboxylic acid groups (broad SMARTS) is 1. The lowest BCUT2D eigenvalue weighted by atomic mass is 9.90. The third kappa shape index (κ3) is 2.95. The van der Waals surface area contributed by atoms with Gasteiger partial charge in [0.1, 0.15) is 5.60 Å². The summed E-state index contributed by atoms with van der Waals surface area (Å²) in [5.41, 5.74) is -1.92. The number of nitrogens with zero attached hydrogens (tertiary/aromatic N) is 1. The van der Waals surface area contributed by atoms with Crippen LogP contribution in [0.2, 0.25) is 0 Å². The number of aliphatic carboxylic acids is 1. The fourth-order valence-electron chi connectivity index (χ4n) is 1.55. The number of ether oxygens (including phenoxy) is 1. The van der Waals surface area contributed by atoms with Crippen LogP contribution in [0.5, 0.6) is 0 Å². The summed E-state index contributed by atoms with van der Waals surface area (Å²) < 4.78 is 5.04. The van der Waals surface area contributed by atoms with E-state index in [1.165, 1.54) is 6.92 Å². The molecule has 0 aromatic heterocycles. The highest BCUT2D eigenvalue weighted by molar-refractivity contribution is 5.98. The first-order chi connectivity index (χ1) is 7.55. The molecule has 96 valence electrons. The Morgan fingerprint density at radius 2 is 1.94 bits per heavy atom. The molecule has 1 fully saturated rings. The molecule has 0 aliphatic carbocycles. The second kappa shape index (κ2) is 4.01. The molecule has 0 saturated carbocycles. The van der Waals surface area contributed by atoms with Crippen molar-refractivity contribution in [1.29, 1.82) is 0 Å². The first-order valence-corrected chi connectivity index (χ1v) is 5.32. The number of rotatable bonds is 1. The molecule has 0 spiro atoms. The van der Waals surface area contributed by atoms with Gasteiger partial charge in [0.05, 0.1) is 5.41 Å². The molecule has 0 aromatic rings. The Morgan fingerprint density at radius 3 is 2.29 bits per heavy atom. The predicted molar refractivity (Wildman–Crippen MR) is 58.3 cm³/mol. The summed E-state index contributed by atoms with van der Waals surface area (Å²) in [6.07, 6.45) is -0.964. The maximum atomic E-state index is 11.7. The normalized spacial score (nSPS) is 24.9. The van der Waals surface area contributed by atoms with E-state index >= 15 is 0 Å². The van der Waals surface area contributed by atoms with Crippen LogP contribution < -0.4 is 0 Å². The van der Waals surface area contributed by atoms with Crippen molar-refractivity contribution in [2.24, 2.45) is 5.41 Å². The summed E-state index contributed by atoms with van der Waals surface area (Å²) >= 11 is 0. The second-order valence-electron chi connectivity index (χ2n) is 5.50. The molecule has 1 saturated heterocycles. The van der Waals surface area contributed by atoms with Crippen LogP contribution in [0.25, 0.3) is 0 Å². The number of imide groups is 1. The Morgan fingerprint density at radius 1 is 1.41 bits per heavy atom. The van der Waals surface area contributed by atoms with Crippen LogP contribution >= 0.6 is 0 Å². The molecule has 1 rings (SSSR count). The summed E-state index contributed by atoms with van der Waals surface area (Å²) in [6.45, 7) is 6.35. The van der Waals surface area contributed by atoms with E-state index in [2.05, 4.69) is 0 Å². The van der Waals surface area contributed by atoms with E-state index in [-0.39, 0.29) is 13.0 Å². The average molecular weight is 243 g/mol. The zero-order valence-electron chi connectivity index (χ0n) is 10.4. The molecule has 17 heavy (non-hydrogen) atoms. The van der Waals surface area contributed by atoms with E-state index in [0.29, 0.717) is 0 Å². The van der Waals surface area contributed by atoms with E-state index in [1.54, 1.807) is 20.8 Å². The highest BCUT2D eigenvalue weighted by atomic mass is 16.6. The van der Waals surface area contributed by atoms with Gasteiger partial charge in [0.2, 0.25) is 5.91 Å². The van der Waals surface area contributed by atoms with Crippen molar-refractivity contribution in [2.45, 2.75) is 39.7 Å². The SMILES string of the molecule is CC(C)(C)OC(=O)N1C[C@@](C)(C(=O)O)CC1=O. The Balaban J connectivity index is 2.79. The minimum atomic E-state index is -1.21. The second-order valence-corrected chi connectivity index (χ2v) is 5.50. The molecular formula is C11H17NO5. The largest absolute Gasteiger partial charge is 0.481 e. The molecule has 1 N–H and O–H groups in total. The van der Waals surface area contributed by atoms with Crippen LogP contribution in [-0.4, -0.2) is 40.1 Å². The van der Waals surface area contributed by atoms with E-state index in [0.717, 1.165) is 4.90 Å². The first-order valence-electron chi connectivity index (χ1n) is 5.32. The lowest BCUT2D eigenvalue weighted by Crippen LogP contribution is -2.39. The summed E-state index contributed by atoms with van der Waals surface area (Å²) in [4.78, 5) is 35.1. The van der Waals surface area contributed by atoms with E-state index < -0.39 is 29.0 Å². The van der Waals surface area contributed by atoms with Crippen LogP contribution in [0.1, 0.15) is 34.1 Å². The lowest BCUT2D eigenvalue weighted by molar-refractivity contribution is -0.147. The van der Waals surface area contributed by atoms with Crippen molar-refractivity contribution in [3.05, 3.63) is 0 Å². The lowest BCUT2D eigenvalue weighted by Gasteiger charge is -2.24. The van der Waals surface area contributed by atoms with Crippen LogP contribution in [0.4, 0.5) is 4.79 Å². The molecule has 6 heteroatoms. The zero-order valence-corrected chi connectivity index (χ0v) is 10.4. The van der Waals surface area contributed by atoms with Gasteiger partial charge in [-0.2, -0.15) is 0 Å². The van der Waals surface area contributed by atoms with Crippen molar-refractivity contribution in [3.8, 4) is 0 Å². The van der Waals surface area contributed by atoms with Crippen LogP contribution in [0.3, 0.4) is 0 Å². The number of carbonyl (C=O) groups excluding carboxylic acids is 2. The van der Waals surface area contributed by atoms with E-state index in [9.17, 15) is 14.4 Å². The quantitative estimate of drug-likeness (QED) is 0.749. The molecular weight excluding hydrogens is 226 g/mol. The third-order valence-electron chi connectivity index (χ3n) is 2.48. The van der Waals surface area contributed by atoms with Gasteiger partial charge in [0.15, 0.2) is 0 Å². The number of carbonyl (C=O) groups is 3. The molecule has 1 atom stereocenters. The summed E-state index contributed by atoms with van der Waals surface area (Å²) in [7, 11) is 0. The number of carboxylic acids is 1. The number of hydrogen-bond donors (Lipinski definition) is 1. The van der Waals surface area contributed by atoms with Gasteiger partial charge in [0, 0.05) is 13.0 Å². The standard InChI is InChI=1S/C11H17NO5/c1-10(2,3)17-9(16)12-6-11(4,8(14)15)5-7(12)13/h5-6H2,1-4H3,(H,14,15)/t11-/m0/s1. The first kappa shape index (κ1) is 13.5. The molecule has 0 unspecified atom stereocenters. The van der Waals surface area contributed by atoms with Crippen molar-refractivity contribution < 1.29 is 24.2 Å². The average Bonchev–Trinajstić information content (AvgIpc) is 2.40. The summed E-state index contributed by atoms with van der Waals surface area (Å²) in [5.74, 6) is -1.60.